The first-order valence-corrected chi connectivity index (χ1v) is 7.99. The summed E-state index contributed by atoms with van der Waals surface area (Å²) in [6, 6.07) is 3.28. The number of carbonyl (C=O) groups excluding carboxylic acids is 1. The molecular weight excluding hydrogens is 311 g/mol. The third-order valence-electron chi connectivity index (χ3n) is 4.44. The Kier molecular flexibility index (Phi) is 4.29. The van der Waals surface area contributed by atoms with E-state index in [-0.39, 0.29) is 11.9 Å². The zero-order chi connectivity index (χ0) is 15.0. The van der Waals surface area contributed by atoms with Crippen LogP contribution in [0.15, 0.2) is 12.1 Å². The van der Waals surface area contributed by atoms with Crippen LogP contribution in [-0.2, 0) is 4.74 Å². The van der Waals surface area contributed by atoms with Gasteiger partial charge in [-0.1, -0.05) is 23.2 Å². The van der Waals surface area contributed by atoms with E-state index in [0.717, 1.165) is 32.3 Å². The van der Waals surface area contributed by atoms with Gasteiger partial charge in [-0.15, -0.1) is 0 Å². The number of halogens is 2. The number of amides is 1. The highest BCUT2D eigenvalue weighted by molar-refractivity contribution is 6.39. The maximum atomic E-state index is 12.4. The SMILES string of the molecule is Nc1c(Cl)cc(C(=O)N[C@@H]2CCC[C@H]3OCC[C@@H]23)cc1Cl. The largest absolute Gasteiger partial charge is 0.396 e. The maximum Gasteiger partial charge on any atom is 0.251 e. The van der Waals surface area contributed by atoms with Crippen molar-refractivity contribution >= 4 is 34.8 Å². The van der Waals surface area contributed by atoms with Crippen LogP contribution in [0.5, 0.6) is 0 Å². The van der Waals surface area contributed by atoms with Crippen LogP contribution < -0.4 is 11.1 Å². The molecule has 1 saturated carbocycles. The van der Waals surface area contributed by atoms with Crippen LogP contribution in [0.2, 0.25) is 10.0 Å². The lowest BCUT2D eigenvalue weighted by Gasteiger charge is -2.33. The van der Waals surface area contributed by atoms with Gasteiger partial charge in [0, 0.05) is 24.1 Å². The van der Waals surface area contributed by atoms with E-state index in [1.54, 1.807) is 12.1 Å². The van der Waals surface area contributed by atoms with Crippen molar-refractivity contribution in [2.75, 3.05) is 12.3 Å². The molecule has 1 heterocycles. The van der Waals surface area contributed by atoms with E-state index in [1.807, 2.05) is 0 Å². The van der Waals surface area contributed by atoms with E-state index in [0.29, 0.717) is 33.3 Å². The van der Waals surface area contributed by atoms with Crippen molar-refractivity contribution < 1.29 is 9.53 Å². The van der Waals surface area contributed by atoms with Gasteiger partial charge in [-0.2, -0.15) is 0 Å². The number of nitrogen functional groups attached to an aromatic ring is 1. The normalized spacial score (nSPS) is 28.2. The van der Waals surface area contributed by atoms with E-state index >= 15 is 0 Å². The second kappa shape index (κ2) is 6.03. The van der Waals surface area contributed by atoms with E-state index in [9.17, 15) is 4.79 Å². The van der Waals surface area contributed by atoms with Crippen LogP contribution >= 0.6 is 23.2 Å². The molecule has 3 atom stereocenters. The minimum absolute atomic E-state index is 0.156. The van der Waals surface area contributed by atoms with Gasteiger partial charge in [-0.3, -0.25) is 4.79 Å². The van der Waals surface area contributed by atoms with Crippen LogP contribution in [0, 0.1) is 5.92 Å². The quantitative estimate of drug-likeness (QED) is 0.819. The molecule has 0 radical (unpaired) electrons. The highest BCUT2D eigenvalue weighted by Gasteiger charge is 2.38. The highest BCUT2D eigenvalue weighted by Crippen LogP contribution is 2.35. The van der Waals surface area contributed by atoms with Crippen LogP contribution in [0.25, 0.3) is 0 Å². The molecule has 0 unspecified atom stereocenters. The molecule has 1 aromatic rings. The number of nitrogens with one attached hydrogen (secondary N) is 1. The lowest BCUT2D eigenvalue weighted by atomic mass is 9.81. The Bertz CT molecular complexity index is 542. The predicted octanol–water partition coefficient (Wildman–Crippen LogP) is 3.26. The smallest absolute Gasteiger partial charge is 0.251 e. The number of hydrogen-bond acceptors (Lipinski definition) is 3. The third kappa shape index (κ3) is 2.98. The van der Waals surface area contributed by atoms with Crippen molar-refractivity contribution in [3.63, 3.8) is 0 Å². The van der Waals surface area contributed by atoms with E-state index < -0.39 is 0 Å². The van der Waals surface area contributed by atoms with E-state index in [2.05, 4.69) is 5.32 Å². The fourth-order valence-electron chi connectivity index (χ4n) is 3.32. The maximum absolute atomic E-state index is 12.4. The minimum Gasteiger partial charge on any atom is -0.396 e. The summed E-state index contributed by atoms with van der Waals surface area (Å²) in [6.45, 7) is 0.793. The van der Waals surface area contributed by atoms with Gasteiger partial charge in [0.05, 0.1) is 21.8 Å². The van der Waals surface area contributed by atoms with Gasteiger partial charge in [0.15, 0.2) is 0 Å². The van der Waals surface area contributed by atoms with Crippen molar-refractivity contribution in [3.05, 3.63) is 27.7 Å². The number of carbonyl (C=O) groups is 1. The summed E-state index contributed by atoms with van der Waals surface area (Å²) in [6.07, 6.45) is 4.47. The molecule has 2 fully saturated rings. The molecule has 4 nitrogen and oxygen atoms in total. The van der Waals surface area contributed by atoms with Crippen molar-refractivity contribution in [2.24, 2.45) is 5.92 Å². The number of rotatable bonds is 2. The number of fused-ring (bicyclic) bond motifs is 1. The summed E-state index contributed by atoms with van der Waals surface area (Å²) in [5.41, 5.74) is 6.44. The Morgan fingerprint density at radius 2 is 1.95 bits per heavy atom. The first-order valence-electron chi connectivity index (χ1n) is 7.23. The summed E-state index contributed by atoms with van der Waals surface area (Å²) in [5.74, 6) is 0.263. The Hall–Kier alpha value is -0.970. The van der Waals surface area contributed by atoms with Crippen molar-refractivity contribution in [1.82, 2.24) is 5.32 Å². The Labute approximate surface area is 133 Å². The summed E-state index contributed by atoms with van der Waals surface area (Å²) in [4.78, 5) is 12.4. The number of hydrogen-bond donors (Lipinski definition) is 2. The molecule has 6 heteroatoms. The summed E-state index contributed by atoms with van der Waals surface area (Å²) >= 11 is 12.0. The van der Waals surface area contributed by atoms with E-state index in [4.69, 9.17) is 33.7 Å². The number of ether oxygens (including phenoxy) is 1. The molecule has 1 aromatic carbocycles. The van der Waals surface area contributed by atoms with Crippen LogP contribution in [-0.4, -0.2) is 24.7 Å². The van der Waals surface area contributed by atoms with Crippen molar-refractivity contribution in [1.29, 1.82) is 0 Å². The molecule has 0 spiro atoms. The second-order valence-corrected chi connectivity index (χ2v) is 6.54. The van der Waals surface area contributed by atoms with Gasteiger partial charge in [-0.25, -0.2) is 0 Å². The third-order valence-corrected chi connectivity index (χ3v) is 5.06. The van der Waals surface area contributed by atoms with Gasteiger partial charge >= 0.3 is 0 Å². The summed E-state index contributed by atoms with van der Waals surface area (Å²) in [7, 11) is 0. The monoisotopic (exact) mass is 328 g/mol. The lowest BCUT2D eigenvalue weighted by Crippen LogP contribution is -2.45. The molecule has 1 aliphatic carbocycles. The lowest BCUT2D eigenvalue weighted by molar-refractivity contribution is 0.0510. The molecule has 1 amide bonds. The molecule has 114 valence electrons. The minimum atomic E-state index is -0.156. The van der Waals surface area contributed by atoms with Crippen LogP contribution in [0.3, 0.4) is 0 Å². The average molecular weight is 329 g/mol. The fourth-order valence-corrected chi connectivity index (χ4v) is 3.81. The van der Waals surface area contributed by atoms with Crippen molar-refractivity contribution in [2.45, 2.75) is 37.8 Å². The van der Waals surface area contributed by atoms with Gasteiger partial charge in [0.25, 0.3) is 5.91 Å². The number of nitrogens with two attached hydrogens (primary N) is 1. The molecule has 21 heavy (non-hydrogen) atoms. The van der Waals surface area contributed by atoms with E-state index in [1.165, 1.54) is 0 Å². The first-order chi connectivity index (χ1) is 10.1. The first kappa shape index (κ1) is 14.9. The number of anilines is 1. The molecule has 0 aromatic heterocycles. The van der Waals surface area contributed by atoms with Crippen LogP contribution in [0.1, 0.15) is 36.0 Å². The van der Waals surface area contributed by atoms with Crippen molar-refractivity contribution in [3.8, 4) is 0 Å². The van der Waals surface area contributed by atoms with Crippen LogP contribution in [0.4, 0.5) is 5.69 Å². The molecule has 2 aliphatic rings. The molecule has 0 bridgehead atoms. The topological polar surface area (TPSA) is 64.4 Å². The Morgan fingerprint density at radius 3 is 2.67 bits per heavy atom. The predicted molar refractivity (Wildman–Crippen MR) is 83.8 cm³/mol. The van der Waals surface area contributed by atoms with Gasteiger partial charge in [-0.05, 0) is 37.8 Å². The zero-order valence-corrected chi connectivity index (χ0v) is 13.1. The van der Waals surface area contributed by atoms with Gasteiger partial charge in [0.1, 0.15) is 0 Å². The molecule has 1 saturated heterocycles. The Balaban J connectivity index is 1.74. The second-order valence-electron chi connectivity index (χ2n) is 5.73. The standard InChI is InChI=1S/C15H18Cl2N2O2/c16-10-6-8(7-11(17)14(10)18)15(20)19-12-2-1-3-13-9(12)4-5-21-13/h6-7,9,12-13H,1-5,18H2,(H,19,20)/t9-,12+,13+/m0/s1. The highest BCUT2D eigenvalue weighted by atomic mass is 35.5. The summed E-state index contributed by atoms with van der Waals surface area (Å²) in [5, 5.41) is 3.71. The molecular formula is C15H18Cl2N2O2. The van der Waals surface area contributed by atoms with Gasteiger partial charge in [0.2, 0.25) is 0 Å². The average Bonchev–Trinajstić information content (AvgIpc) is 2.93. The Morgan fingerprint density at radius 1 is 1.24 bits per heavy atom. The molecule has 3 N–H and O–H groups in total. The zero-order valence-electron chi connectivity index (χ0n) is 11.6. The molecule has 3 rings (SSSR count). The number of benzene rings is 1. The summed E-state index contributed by atoms with van der Waals surface area (Å²) < 4.78 is 5.72. The fraction of sp³-hybridized carbons (Fsp3) is 0.533. The molecule has 1 aliphatic heterocycles. The van der Waals surface area contributed by atoms with Gasteiger partial charge < -0.3 is 15.8 Å².